The predicted molar refractivity (Wildman–Crippen MR) is 104 cm³/mol. The van der Waals surface area contributed by atoms with Gasteiger partial charge < -0.3 is 15.4 Å². The Balaban J connectivity index is 1.90. The summed E-state index contributed by atoms with van der Waals surface area (Å²) in [5.41, 5.74) is 1.09. The zero-order valence-electron chi connectivity index (χ0n) is 14.5. The molecule has 0 bridgehead atoms. The highest BCUT2D eigenvalue weighted by molar-refractivity contribution is 6.44. The maximum Gasteiger partial charge on any atom is 0.308 e. The molecule has 0 saturated heterocycles. The van der Waals surface area contributed by atoms with Gasteiger partial charge in [-0.2, -0.15) is 0 Å². The molecule has 0 aliphatic carbocycles. The summed E-state index contributed by atoms with van der Waals surface area (Å²) in [6.07, 6.45) is -0.102. The average molecular weight is 409 g/mol. The summed E-state index contributed by atoms with van der Waals surface area (Å²) in [7, 11) is 0. The van der Waals surface area contributed by atoms with Crippen LogP contribution in [0, 0.1) is 0 Å². The van der Waals surface area contributed by atoms with Crippen molar-refractivity contribution in [2.75, 3.05) is 11.9 Å². The third kappa shape index (κ3) is 6.58. The van der Waals surface area contributed by atoms with E-state index in [2.05, 4.69) is 10.6 Å². The summed E-state index contributed by atoms with van der Waals surface area (Å²) in [5, 5.41) is 5.72. The number of benzene rings is 2. The molecule has 8 heteroatoms. The lowest BCUT2D eigenvalue weighted by Crippen LogP contribution is -2.29. The van der Waals surface area contributed by atoms with Crippen molar-refractivity contribution in [1.29, 1.82) is 0 Å². The zero-order valence-corrected chi connectivity index (χ0v) is 16.0. The normalized spacial score (nSPS) is 11.4. The maximum absolute atomic E-state index is 12.1. The lowest BCUT2D eigenvalue weighted by Gasteiger charge is -2.17. The van der Waals surface area contributed by atoms with Gasteiger partial charge in [0.1, 0.15) is 0 Å². The number of hydrogen-bond donors (Lipinski definition) is 2. The molecule has 2 aromatic carbocycles. The highest BCUT2D eigenvalue weighted by Crippen LogP contribution is 2.29. The molecule has 6 nitrogen and oxygen atoms in total. The van der Waals surface area contributed by atoms with Crippen molar-refractivity contribution >= 4 is 46.7 Å². The molecule has 0 radical (unpaired) electrons. The Morgan fingerprint density at radius 1 is 1.04 bits per heavy atom. The zero-order chi connectivity index (χ0) is 19.8. The Hall–Kier alpha value is -2.57. The second kappa shape index (κ2) is 9.94. The van der Waals surface area contributed by atoms with Gasteiger partial charge in [0, 0.05) is 6.92 Å². The topological polar surface area (TPSA) is 84.5 Å². The first kappa shape index (κ1) is 20.7. The summed E-state index contributed by atoms with van der Waals surface area (Å²) in [4.78, 5) is 35.4. The predicted octanol–water partition coefficient (Wildman–Crippen LogP) is 3.74. The number of esters is 1. The van der Waals surface area contributed by atoms with Crippen molar-refractivity contribution in [3.63, 3.8) is 0 Å². The molecule has 2 N–H and O–H groups in total. The van der Waals surface area contributed by atoms with Gasteiger partial charge in [-0.1, -0.05) is 59.6 Å². The van der Waals surface area contributed by atoms with E-state index in [0.717, 1.165) is 5.56 Å². The monoisotopic (exact) mass is 408 g/mol. The second-order valence-electron chi connectivity index (χ2n) is 5.68. The molecule has 0 aliphatic heterocycles. The Morgan fingerprint density at radius 2 is 1.74 bits per heavy atom. The van der Waals surface area contributed by atoms with Crippen molar-refractivity contribution in [3.8, 4) is 0 Å². The van der Waals surface area contributed by atoms with Crippen molar-refractivity contribution in [2.45, 2.75) is 19.4 Å². The van der Waals surface area contributed by atoms with E-state index in [0.29, 0.717) is 10.7 Å². The van der Waals surface area contributed by atoms with E-state index >= 15 is 0 Å². The number of hydrogen-bond acceptors (Lipinski definition) is 4. The number of amides is 2. The van der Waals surface area contributed by atoms with E-state index < -0.39 is 24.5 Å². The molecule has 2 amide bonds. The summed E-state index contributed by atoms with van der Waals surface area (Å²) in [5.74, 6) is -1.45. The van der Waals surface area contributed by atoms with Gasteiger partial charge in [0.15, 0.2) is 6.61 Å². The minimum absolute atomic E-state index is 0.102. The first-order valence-electron chi connectivity index (χ1n) is 8.08. The fourth-order valence-electron chi connectivity index (χ4n) is 2.34. The standard InChI is InChI=1S/C19H18Cl2N2O4/c1-12(24)22-16(13-6-3-2-4-7-13)10-18(26)27-11-17(25)23-15-9-5-8-14(20)19(15)21/h2-9,16H,10-11H2,1H3,(H,22,24)(H,23,25)/t16-/m1/s1. The van der Waals surface area contributed by atoms with Gasteiger partial charge in [-0.25, -0.2) is 0 Å². The fourth-order valence-corrected chi connectivity index (χ4v) is 2.69. The molecule has 27 heavy (non-hydrogen) atoms. The number of nitrogens with one attached hydrogen (secondary N) is 2. The van der Waals surface area contributed by atoms with Gasteiger partial charge in [-0.3, -0.25) is 14.4 Å². The largest absolute Gasteiger partial charge is 0.455 e. The summed E-state index contributed by atoms with van der Waals surface area (Å²) < 4.78 is 5.00. The number of carbonyl (C=O) groups excluding carboxylic acids is 3. The minimum atomic E-state index is -0.620. The molecule has 1 atom stereocenters. The van der Waals surface area contributed by atoms with Gasteiger partial charge in [0.2, 0.25) is 5.91 Å². The van der Waals surface area contributed by atoms with E-state index in [1.54, 1.807) is 42.5 Å². The molecule has 0 spiro atoms. The third-order valence-electron chi connectivity index (χ3n) is 3.54. The number of anilines is 1. The van der Waals surface area contributed by atoms with Crippen molar-refractivity contribution < 1.29 is 19.1 Å². The van der Waals surface area contributed by atoms with Crippen LogP contribution in [0.15, 0.2) is 48.5 Å². The van der Waals surface area contributed by atoms with Crippen LogP contribution in [-0.2, 0) is 19.1 Å². The fraction of sp³-hybridized carbons (Fsp3) is 0.211. The summed E-state index contributed by atoms with van der Waals surface area (Å²) in [6.45, 7) is 0.882. The molecule has 0 unspecified atom stereocenters. The Kier molecular flexibility index (Phi) is 7.64. The summed E-state index contributed by atoms with van der Waals surface area (Å²) >= 11 is 11.9. The van der Waals surface area contributed by atoms with Gasteiger partial charge in [0.05, 0.1) is 28.2 Å². The minimum Gasteiger partial charge on any atom is -0.455 e. The van der Waals surface area contributed by atoms with Gasteiger partial charge in [-0.15, -0.1) is 0 Å². The number of carbonyl (C=O) groups is 3. The quantitative estimate of drug-likeness (QED) is 0.683. The second-order valence-corrected chi connectivity index (χ2v) is 6.46. The Morgan fingerprint density at radius 3 is 2.41 bits per heavy atom. The van der Waals surface area contributed by atoms with E-state index in [4.69, 9.17) is 27.9 Å². The Labute approximate surface area is 166 Å². The van der Waals surface area contributed by atoms with Crippen LogP contribution in [0.1, 0.15) is 24.9 Å². The molecule has 142 valence electrons. The molecule has 0 heterocycles. The molecule has 0 saturated carbocycles. The van der Waals surface area contributed by atoms with Crippen molar-refractivity contribution in [1.82, 2.24) is 5.32 Å². The molecular weight excluding hydrogens is 391 g/mol. The van der Waals surface area contributed by atoms with Crippen LogP contribution in [0.25, 0.3) is 0 Å². The number of halogens is 2. The molecule has 0 aliphatic rings. The van der Waals surface area contributed by atoms with Crippen LogP contribution < -0.4 is 10.6 Å². The highest BCUT2D eigenvalue weighted by atomic mass is 35.5. The first-order valence-corrected chi connectivity index (χ1v) is 8.84. The van der Waals surface area contributed by atoms with E-state index in [-0.39, 0.29) is 17.4 Å². The van der Waals surface area contributed by atoms with Crippen LogP contribution in [0.3, 0.4) is 0 Å². The van der Waals surface area contributed by atoms with Crippen molar-refractivity contribution in [2.24, 2.45) is 0 Å². The van der Waals surface area contributed by atoms with Crippen LogP contribution in [0.5, 0.6) is 0 Å². The smallest absolute Gasteiger partial charge is 0.308 e. The van der Waals surface area contributed by atoms with Crippen molar-refractivity contribution in [3.05, 3.63) is 64.1 Å². The van der Waals surface area contributed by atoms with Crippen LogP contribution in [0.2, 0.25) is 10.0 Å². The molecule has 2 rings (SSSR count). The lowest BCUT2D eigenvalue weighted by molar-refractivity contribution is -0.148. The van der Waals surface area contributed by atoms with E-state index in [1.165, 1.54) is 6.92 Å². The van der Waals surface area contributed by atoms with Gasteiger partial charge >= 0.3 is 5.97 Å². The molecule has 0 fully saturated rings. The van der Waals surface area contributed by atoms with Gasteiger partial charge in [0.25, 0.3) is 5.91 Å². The third-order valence-corrected chi connectivity index (χ3v) is 4.36. The molecule has 0 aromatic heterocycles. The lowest BCUT2D eigenvalue weighted by atomic mass is 10.0. The SMILES string of the molecule is CC(=O)N[C@H](CC(=O)OCC(=O)Nc1cccc(Cl)c1Cl)c1ccccc1. The number of rotatable bonds is 7. The Bertz CT molecular complexity index is 828. The van der Waals surface area contributed by atoms with Crippen LogP contribution in [-0.4, -0.2) is 24.4 Å². The van der Waals surface area contributed by atoms with E-state index in [1.807, 2.05) is 6.07 Å². The maximum atomic E-state index is 12.1. The summed E-state index contributed by atoms with van der Waals surface area (Å²) in [6, 6.07) is 13.3. The van der Waals surface area contributed by atoms with E-state index in [9.17, 15) is 14.4 Å². The van der Waals surface area contributed by atoms with Crippen LogP contribution >= 0.6 is 23.2 Å². The first-order chi connectivity index (χ1) is 12.9. The van der Waals surface area contributed by atoms with Crippen LogP contribution in [0.4, 0.5) is 5.69 Å². The number of ether oxygens (including phenoxy) is 1. The molecule has 2 aromatic rings. The molecular formula is C19H18Cl2N2O4. The highest BCUT2D eigenvalue weighted by Gasteiger charge is 2.19. The average Bonchev–Trinajstić information content (AvgIpc) is 2.64. The van der Waals surface area contributed by atoms with Gasteiger partial charge in [-0.05, 0) is 17.7 Å².